The predicted octanol–water partition coefficient (Wildman–Crippen LogP) is 2.85. The van der Waals surface area contributed by atoms with Crippen LogP contribution in [-0.4, -0.2) is 8.42 Å². The van der Waals surface area contributed by atoms with Crippen LogP contribution in [0.1, 0.15) is 37.8 Å². The molecule has 3 aromatic carbocycles. The molecule has 0 N–H and O–H groups in total. The maximum absolute atomic E-state index is 14.2. The molecule has 0 aliphatic carbocycles. The molecule has 3 rings (SSSR count). The van der Waals surface area contributed by atoms with Crippen LogP contribution in [0.15, 0.2) is 71.6 Å². The van der Waals surface area contributed by atoms with Crippen molar-refractivity contribution in [2.45, 2.75) is 44.4 Å². The highest BCUT2D eigenvalue weighted by Crippen LogP contribution is 2.16. The molecule has 0 unspecified atom stereocenters. The molecule has 0 atom stereocenters. The molecule has 0 spiro atoms. The largest absolute Gasteiger partial charge is 0.339 e. The Kier molecular flexibility index (Phi) is 8.18. The molecule has 0 bridgehead atoms. The van der Waals surface area contributed by atoms with Gasteiger partial charge in [0.15, 0.2) is 7.14 Å². The van der Waals surface area contributed by atoms with E-state index in [1.807, 2.05) is 48.5 Å². The maximum Gasteiger partial charge on any atom is 0.339 e. The van der Waals surface area contributed by atoms with Crippen LogP contribution in [0.4, 0.5) is 8.78 Å². The Morgan fingerprint density at radius 3 is 1.68 bits per heavy atom. The first-order valence-corrected chi connectivity index (χ1v) is 14.6. The highest BCUT2D eigenvalue weighted by atomic mass is 127. The van der Waals surface area contributed by atoms with E-state index in [4.69, 9.17) is 2.51 Å². The maximum atomic E-state index is 14.2. The lowest BCUT2D eigenvalue weighted by molar-refractivity contribution is -1.03. The van der Waals surface area contributed by atoms with E-state index in [0.717, 1.165) is 56.1 Å². The lowest BCUT2D eigenvalue weighted by atomic mass is 10.1. The van der Waals surface area contributed by atoms with Crippen LogP contribution in [0.5, 0.6) is 0 Å². The third kappa shape index (κ3) is 6.11. The smallest absolute Gasteiger partial charge is 0.207 e. The Hall–Kier alpha value is -1.84. The number of aryl methyl sites for hydroxylation is 2. The van der Waals surface area contributed by atoms with Crippen molar-refractivity contribution in [1.82, 2.24) is 0 Å². The molecule has 31 heavy (non-hydrogen) atoms. The lowest BCUT2D eigenvalue weighted by Crippen LogP contribution is -3.85. The average molecular weight is 558 g/mol. The van der Waals surface area contributed by atoms with Gasteiger partial charge in [0.1, 0.15) is 16.5 Å². The van der Waals surface area contributed by atoms with Gasteiger partial charge in [0, 0.05) is 6.07 Å². The summed E-state index contributed by atoms with van der Waals surface area (Å²) in [7, 11) is -4.42. The lowest BCUT2D eigenvalue weighted by Gasteiger charge is -2.08. The van der Waals surface area contributed by atoms with Gasteiger partial charge in [-0.25, -0.2) is 8.78 Å². The van der Waals surface area contributed by atoms with Crippen molar-refractivity contribution in [1.29, 1.82) is 0 Å². The number of hydrogen-bond acceptors (Lipinski definition) is 3. The van der Waals surface area contributed by atoms with Crippen molar-refractivity contribution in [3.05, 3.63) is 96.6 Å². The van der Waals surface area contributed by atoms with Gasteiger partial charge in [-0.15, -0.1) is 0 Å². The molecule has 1 radical (unpaired) electrons. The Bertz CT molecular complexity index is 1070. The molecule has 165 valence electrons. The van der Waals surface area contributed by atoms with E-state index in [0.29, 0.717) is 6.07 Å². The van der Waals surface area contributed by atoms with E-state index in [1.165, 1.54) is 0 Å². The quantitative estimate of drug-likeness (QED) is 0.380. The molecule has 0 heterocycles. The van der Waals surface area contributed by atoms with Crippen molar-refractivity contribution in [2.24, 2.45) is 0 Å². The minimum absolute atomic E-state index is 0.549. The van der Waals surface area contributed by atoms with Crippen LogP contribution >= 0.6 is 0 Å². The molecule has 0 saturated heterocycles. The van der Waals surface area contributed by atoms with E-state index < -0.39 is 46.9 Å². The molecular formula is C24H25F2IO3S+. The fourth-order valence-corrected chi connectivity index (χ4v) is 10.0. The van der Waals surface area contributed by atoms with E-state index in [9.17, 15) is 17.2 Å². The van der Waals surface area contributed by atoms with Crippen molar-refractivity contribution >= 4 is 10.1 Å². The second-order valence-corrected chi connectivity index (χ2v) is 13.6. The zero-order valence-corrected chi connectivity index (χ0v) is 20.4. The van der Waals surface area contributed by atoms with Crippen molar-refractivity contribution in [3.8, 4) is 0 Å². The molecule has 0 aliphatic heterocycles. The Labute approximate surface area is 190 Å². The number of rotatable bonds is 9. The molecule has 0 fully saturated rings. The summed E-state index contributed by atoms with van der Waals surface area (Å²) >= 11 is -2.93. The van der Waals surface area contributed by atoms with Gasteiger partial charge < -0.3 is 0 Å². The first-order chi connectivity index (χ1) is 14.8. The number of halogens is 3. The van der Waals surface area contributed by atoms with Gasteiger partial charge in [-0.1, -0.05) is 51.0 Å². The summed E-state index contributed by atoms with van der Waals surface area (Å²) in [6.45, 7) is 4.19. The summed E-state index contributed by atoms with van der Waals surface area (Å²) in [5.74, 6) is -2.00. The summed E-state index contributed by atoms with van der Waals surface area (Å²) in [5, 5.41) is 0. The monoisotopic (exact) mass is 558 g/mol. The standard InChI is InChI=1S/C24H25F2IO3S/c1-3-5-18-7-12-21(13-8-18)27(22-14-9-19(6-4-2)10-15-22)30-31(28,29)24-16-11-20(25)17-23(24)26/h7-17H,3-6H2,1-2H3/q+1. The summed E-state index contributed by atoms with van der Waals surface area (Å²) in [4.78, 5) is -0.651. The molecule has 0 aromatic heterocycles. The number of benzene rings is 3. The van der Waals surface area contributed by atoms with Gasteiger partial charge >= 0.3 is 30.4 Å². The van der Waals surface area contributed by atoms with Gasteiger partial charge in [-0.2, -0.15) is 8.42 Å². The molecule has 0 aliphatic rings. The van der Waals surface area contributed by atoms with Crippen molar-refractivity contribution in [2.75, 3.05) is 0 Å². The van der Waals surface area contributed by atoms with Crippen LogP contribution in [0.25, 0.3) is 0 Å². The third-order valence-electron chi connectivity index (χ3n) is 4.61. The molecule has 3 nitrogen and oxygen atoms in total. The average Bonchev–Trinajstić information content (AvgIpc) is 2.74. The first-order valence-electron chi connectivity index (χ1n) is 10.1. The molecule has 0 amide bonds. The van der Waals surface area contributed by atoms with Gasteiger partial charge in [-0.05, 0) is 62.9 Å². The predicted molar refractivity (Wildman–Crippen MR) is 113 cm³/mol. The Morgan fingerprint density at radius 1 is 0.774 bits per heavy atom. The van der Waals surface area contributed by atoms with E-state index in [1.54, 1.807) is 0 Å². The molecule has 0 saturated carbocycles. The summed E-state index contributed by atoms with van der Waals surface area (Å²) in [5.41, 5.74) is 2.32. The summed E-state index contributed by atoms with van der Waals surface area (Å²) in [6, 6.07) is 17.9. The second kappa shape index (κ2) is 10.7. The third-order valence-corrected chi connectivity index (χ3v) is 12.0. The zero-order valence-electron chi connectivity index (χ0n) is 17.4. The van der Waals surface area contributed by atoms with Crippen LogP contribution in [-0.2, 0) is 25.5 Å². The first kappa shape index (κ1) is 23.8. The number of hydrogen-bond donors (Lipinski definition) is 0. The SMILES string of the molecule is CCCc1ccc([I+](OS(=O)(=O)c2ccc(F)cc2F)c2ccc(CCC)cc2)cc1. The van der Waals surface area contributed by atoms with Gasteiger partial charge in [0.05, 0.1) is 0 Å². The molecule has 3 aromatic rings. The van der Waals surface area contributed by atoms with Crippen LogP contribution in [0.3, 0.4) is 0 Å². The highest BCUT2D eigenvalue weighted by molar-refractivity contribution is 7.86. The van der Waals surface area contributed by atoms with Gasteiger partial charge in [-0.3, -0.25) is 0 Å². The van der Waals surface area contributed by atoms with Crippen molar-refractivity contribution < 1.29 is 39.9 Å². The van der Waals surface area contributed by atoms with E-state index in [-0.39, 0.29) is 0 Å². The van der Waals surface area contributed by atoms with Crippen molar-refractivity contribution in [3.63, 3.8) is 0 Å². The summed E-state index contributed by atoms with van der Waals surface area (Å²) in [6.07, 6.45) is 3.88. The van der Waals surface area contributed by atoms with Crippen LogP contribution in [0, 0.1) is 18.8 Å². The Balaban J connectivity index is 2.00. The second-order valence-electron chi connectivity index (χ2n) is 7.09. The van der Waals surface area contributed by atoms with E-state index in [2.05, 4.69) is 13.8 Å². The molecular weight excluding hydrogens is 533 g/mol. The minimum atomic E-state index is -4.42. The zero-order chi connectivity index (χ0) is 22.4. The molecule has 7 heteroatoms. The normalized spacial score (nSPS) is 11.8. The van der Waals surface area contributed by atoms with Crippen LogP contribution in [0.2, 0.25) is 0 Å². The van der Waals surface area contributed by atoms with E-state index >= 15 is 0 Å². The topological polar surface area (TPSA) is 43.4 Å². The summed E-state index contributed by atoms with van der Waals surface area (Å²) < 4.78 is 60.6. The highest BCUT2D eigenvalue weighted by Gasteiger charge is 2.39. The fourth-order valence-electron chi connectivity index (χ4n) is 3.10. The Morgan fingerprint density at radius 2 is 1.26 bits per heavy atom. The minimum Gasteiger partial charge on any atom is -0.207 e. The van der Waals surface area contributed by atoms with Crippen LogP contribution < -0.4 is 20.2 Å². The fraction of sp³-hybridized carbons (Fsp3) is 0.250. The van der Waals surface area contributed by atoms with Gasteiger partial charge in [0.25, 0.3) is 0 Å². The van der Waals surface area contributed by atoms with Gasteiger partial charge in [0.2, 0.25) is 0 Å².